The summed E-state index contributed by atoms with van der Waals surface area (Å²) in [6.07, 6.45) is 1.01. The number of hydrogen-bond donors (Lipinski definition) is 2. The molecular weight excluding hydrogens is 298 g/mol. The van der Waals surface area contributed by atoms with Crippen LogP contribution >= 0.6 is 11.3 Å². The molecule has 0 aliphatic rings. The highest BCUT2D eigenvalue weighted by Gasteiger charge is 2.20. The van der Waals surface area contributed by atoms with Crippen molar-refractivity contribution < 1.29 is 12.8 Å². The molecule has 110 valence electrons. The number of sulfonamides is 1. The zero-order chi connectivity index (χ0) is 14.6. The number of nitrogens with one attached hydrogen (secondary N) is 2. The van der Waals surface area contributed by atoms with Crippen LogP contribution in [-0.2, 0) is 16.6 Å². The molecule has 0 saturated carbocycles. The molecule has 0 spiro atoms. The molecule has 2 aromatic heterocycles. The van der Waals surface area contributed by atoms with Gasteiger partial charge in [0, 0.05) is 5.38 Å². The zero-order valence-electron chi connectivity index (χ0n) is 11.3. The second kappa shape index (κ2) is 6.38. The summed E-state index contributed by atoms with van der Waals surface area (Å²) in [5.41, 5.74) is 0.775. The smallest absolute Gasteiger partial charge is 0.297 e. The fraction of sp³-hybridized carbons (Fsp3) is 0.417. The van der Waals surface area contributed by atoms with Crippen LogP contribution in [0.15, 0.2) is 27.0 Å². The van der Waals surface area contributed by atoms with E-state index in [-0.39, 0.29) is 5.09 Å². The SMILES string of the molecule is CCCNCc1ccc(S(=O)(=O)Nc2nc(C)cs2)o1. The Labute approximate surface area is 122 Å². The first-order valence-corrected chi connectivity index (χ1v) is 8.62. The zero-order valence-corrected chi connectivity index (χ0v) is 13.0. The molecule has 0 amide bonds. The van der Waals surface area contributed by atoms with E-state index in [1.165, 1.54) is 17.4 Å². The Morgan fingerprint density at radius 2 is 2.20 bits per heavy atom. The number of aromatic nitrogens is 1. The predicted octanol–water partition coefficient (Wildman–Crippen LogP) is 2.34. The number of hydrogen-bond acceptors (Lipinski definition) is 6. The monoisotopic (exact) mass is 315 g/mol. The van der Waals surface area contributed by atoms with Crippen molar-refractivity contribution in [2.45, 2.75) is 31.9 Å². The molecule has 0 unspecified atom stereocenters. The van der Waals surface area contributed by atoms with Crippen LogP contribution in [-0.4, -0.2) is 19.9 Å². The number of furan rings is 1. The minimum Gasteiger partial charge on any atom is -0.446 e. The third-order valence-corrected chi connectivity index (χ3v) is 4.68. The van der Waals surface area contributed by atoms with Crippen LogP contribution in [0.1, 0.15) is 24.8 Å². The fourth-order valence-corrected chi connectivity index (χ4v) is 3.45. The molecule has 0 saturated heterocycles. The van der Waals surface area contributed by atoms with E-state index in [9.17, 15) is 8.42 Å². The molecule has 0 atom stereocenters. The number of rotatable bonds is 7. The Bertz CT molecular complexity index is 661. The average Bonchev–Trinajstić information content (AvgIpc) is 2.99. The average molecular weight is 315 g/mol. The van der Waals surface area contributed by atoms with E-state index in [2.05, 4.69) is 21.9 Å². The van der Waals surface area contributed by atoms with Crippen LogP contribution < -0.4 is 10.0 Å². The van der Waals surface area contributed by atoms with Gasteiger partial charge in [-0.3, -0.25) is 4.72 Å². The molecule has 6 nitrogen and oxygen atoms in total. The molecule has 2 N–H and O–H groups in total. The molecule has 20 heavy (non-hydrogen) atoms. The van der Waals surface area contributed by atoms with E-state index in [4.69, 9.17) is 4.42 Å². The van der Waals surface area contributed by atoms with Crippen molar-refractivity contribution in [3.8, 4) is 0 Å². The van der Waals surface area contributed by atoms with E-state index in [1.807, 2.05) is 0 Å². The third kappa shape index (κ3) is 3.81. The highest BCUT2D eigenvalue weighted by atomic mass is 32.2. The van der Waals surface area contributed by atoms with Gasteiger partial charge < -0.3 is 9.73 Å². The predicted molar refractivity (Wildman–Crippen MR) is 78.4 cm³/mol. The second-order valence-electron chi connectivity index (χ2n) is 4.30. The number of anilines is 1. The molecule has 0 aliphatic carbocycles. The van der Waals surface area contributed by atoms with Crippen molar-refractivity contribution in [2.24, 2.45) is 0 Å². The van der Waals surface area contributed by atoms with Crippen molar-refractivity contribution >= 4 is 26.5 Å². The van der Waals surface area contributed by atoms with Gasteiger partial charge in [-0.1, -0.05) is 6.92 Å². The lowest BCUT2D eigenvalue weighted by atomic mass is 10.4. The summed E-state index contributed by atoms with van der Waals surface area (Å²) in [6.45, 7) is 5.24. The van der Waals surface area contributed by atoms with Crippen LogP contribution in [0.5, 0.6) is 0 Å². The summed E-state index contributed by atoms with van der Waals surface area (Å²) in [4.78, 5) is 4.06. The summed E-state index contributed by atoms with van der Waals surface area (Å²) in [6, 6.07) is 3.11. The van der Waals surface area contributed by atoms with Crippen LogP contribution in [0, 0.1) is 6.92 Å². The lowest BCUT2D eigenvalue weighted by molar-refractivity contribution is 0.403. The van der Waals surface area contributed by atoms with Crippen LogP contribution in [0.25, 0.3) is 0 Å². The Morgan fingerprint density at radius 1 is 1.40 bits per heavy atom. The van der Waals surface area contributed by atoms with Gasteiger partial charge in [0.15, 0.2) is 5.13 Å². The summed E-state index contributed by atoms with van der Waals surface area (Å²) in [5.74, 6) is 0.592. The molecule has 0 fully saturated rings. The topological polar surface area (TPSA) is 84.2 Å². The molecule has 0 aromatic carbocycles. The lowest BCUT2D eigenvalue weighted by Crippen LogP contribution is -2.14. The van der Waals surface area contributed by atoms with Crippen molar-refractivity contribution in [1.29, 1.82) is 0 Å². The molecule has 0 bridgehead atoms. The third-order valence-electron chi connectivity index (χ3n) is 2.47. The van der Waals surface area contributed by atoms with Gasteiger partial charge in [0.1, 0.15) is 5.76 Å². The normalized spacial score (nSPS) is 11.7. The quantitative estimate of drug-likeness (QED) is 0.766. The first-order chi connectivity index (χ1) is 9.51. The van der Waals surface area contributed by atoms with Crippen molar-refractivity contribution in [3.63, 3.8) is 0 Å². The minimum atomic E-state index is -3.71. The first-order valence-electron chi connectivity index (χ1n) is 6.25. The Morgan fingerprint density at radius 3 is 2.85 bits per heavy atom. The summed E-state index contributed by atoms with van der Waals surface area (Å²) in [5, 5.41) is 5.17. The molecule has 2 aromatic rings. The van der Waals surface area contributed by atoms with Gasteiger partial charge in [-0.2, -0.15) is 8.42 Å². The standard InChI is InChI=1S/C12H17N3O3S2/c1-3-6-13-7-10-4-5-11(18-10)20(16,17)15-12-14-9(2)8-19-12/h4-5,8,13H,3,6-7H2,1-2H3,(H,14,15). The fourth-order valence-electron chi connectivity index (χ4n) is 1.55. The van der Waals surface area contributed by atoms with Gasteiger partial charge in [-0.25, -0.2) is 4.98 Å². The Balaban J connectivity index is 2.06. The minimum absolute atomic E-state index is 0.0985. The van der Waals surface area contributed by atoms with Crippen molar-refractivity contribution in [2.75, 3.05) is 11.3 Å². The maximum atomic E-state index is 12.1. The highest BCUT2D eigenvalue weighted by molar-refractivity contribution is 7.92. The molecular formula is C12H17N3O3S2. The molecule has 0 aliphatic heterocycles. The van der Waals surface area contributed by atoms with E-state index in [1.54, 1.807) is 18.4 Å². The summed E-state index contributed by atoms with van der Waals surface area (Å²) < 4.78 is 31.9. The summed E-state index contributed by atoms with van der Waals surface area (Å²) in [7, 11) is -3.71. The van der Waals surface area contributed by atoms with Crippen LogP contribution in [0.3, 0.4) is 0 Å². The first kappa shape index (κ1) is 15.0. The second-order valence-corrected chi connectivity index (χ2v) is 6.77. The van der Waals surface area contributed by atoms with Gasteiger partial charge in [0.05, 0.1) is 12.2 Å². The van der Waals surface area contributed by atoms with E-state index in [0.29, 0.717) is 17.4 Å². The number of thiazole rings is 1. The molecule has 8 heteroatoms. The largest absolute Gasteiger partial charge is 0.446 e. The maximum Gasteiger partial charge on any atom is 0.297 e. The Kier molecular flexibility index (Phi) is 4.79. The van der Waals surface area contributed by atoms with Crippen molar-refractivity contribution in [3.05, 3.63) is 29.0 Å². The van der Waals surface area contributed by atoms with Gasteiger partial charge >= 0.3 is 0 Å². The maximum absolute atomic E-state index is 12.1. The van der Waals surface area contributed by atoms with Crippen molar-refractivity contribution in [1.82, 2.24) is 10.3 Å². The number of aryl methyl sites for hydroxylation is 1. The summed E-state index contributed by atoms with van der Waals surface area (Å²) >= 11 is 1.24. The molecule has 2 rings (SSSR count). The van der Waals surface area contributed by atoms with Gasteiger partial charge in [-0.05, 0) is 32.0 Å². The Hall–Kier alpha value is -1.38. The van der Waals surface area contributed by atoms with E-state index < -0.39 is 10.0 Å². The molecule has 2 heterocycles. The number of nitrogens with zero attached hydrogens (tertiary/aromatic N) is 1. The molecule has 0 radical (unpaired) electrons. The lowest BCUT2D eigenvalue weighted by Gasteiger charge is -2.02. The van der Waals surface area contributed by atoms with E-state index >= 15 is 0 Å². The van der Waals surface area contributed by atoms with E-state index in [0.717, 1.165) is 18.7 Å². The van der Waals surface area contributed by atoms with Crippen LogP contribution in [0.2, 0.25) is 0 Å². The highest BCUT2D eigenvalue weighted by Crippen LogP contribution is 2.21. The van der Waals surface area contributed by atoms with Gasteiger partial charge in [0.2, 0.25) is 5.09 Å². The van der Waals surface area contributed by atoms with Gasteiger partial charge in [-0.15, -0.1) is 11.3 Å². The van der Waals surface area contributed by atoms with Crippen LogP contribution in [0.4, 0.5) is 5.13 Å². The van der Waals surface area contributed by atoms with Gasteiger partial charge in [0.25, 0.3) is 10.0 Å².